The van der Waals surface area contributed by atoms with Gasteiger partial charge in [-0.25, -0.2) is 0 Å². The third-order valence-electron chi connectivity index (χ3n) is 4.36. The fraction of sp³-hybridized carbons (Fsp3) is 1.00. The zero-order valence-corrected chi connectivity index (χ0v) is 10.7. The molecule has 2 N–H and O–H groups in total. The Labute approximate surface area is 99.3 Å². The molecular weight excluding hydrogens is 200 g/mol. The first-order valence-electron chi connectivity index (χ1n) is 6.73. The number of ether oxygens (including phenoxy) is 1. The highest BCUT2D eigenvalue weighted by molar-refractivity contribution is 4.93. The standard InChI is InChI=1S/C13H26N2O/c1-11-4-3-5-12(2)15(11)10-13(14)6-8-16-9-7-13/h11-12H,3-10,14H2,1-2H3. The maximum Gasteiger partial charge on any atom is 0.0484 e. The van der Waals surface area contributed by atoms with Gasteiger partial charge >= 0.3 is 0 Å². The average molecular weight is 226 g/mol. The second-order valence-electron chi connectivity index (χ2n) is 5.78. The third kappa shape index (κ3) is 2.76. The number of hydrogen-bond donors (Lipinski definition) is 1. The van der Waals surface area contributed by atoms with Crippen LogP contribution in [-0.4, -0.2) is 42.3 Å². The SMILES string of the molecule is CC1CCCC(C)N1CC1(N)CCOCC1. The quantitative estimate of drug-likeness (QED) is 0.779. The first-order chi connectivity index (χ1) is 7.61. The van der Waals surface area contributed by atoms with E-state index in [4.69, 9.17) is 10.5 Å². The molecule has 0 saturated carbocycles. The lowest BCUT2D eigenvalue weighted by Gasteiger charge is -2.45. The van der Waals surface area contributed by atoms with Gasteiger partial charge in [-0.05, 0) is 39.5 Å². The molecule has 2 unspecified atom stereocenters. The Morgan fingerprint density at radius 3 is 2.31 bits per heavy atom. The van der Waals surface area contributed by atoms with Crippen molar-refractivity contribution in [2.75, 3.05) is 19.8 Å². The number of nitrogens with zero attached hydrogens (tertiary/aromatic N) is 1. The topological polar surface area (TPSA) is 38.5 Å². The van der Waals surface area contributed by atoms with E-state index in [-0.39, 0.29) is 5.54 Å². The summed E-state index contributed by atoms with van der Waals surface area (Å²) in [5, 5.41) is 0. The van der Waals surface area contributed by atoms with Crippen LogP contribution in [0.2, 0.25) is 0 Å². The lowest BCUT2D eigenvalue weighted by Crippen LogP contribution is -2.58. The molecular formula is C13H26N2O. The first kappa shape index (κ1) is 12.3. The molecule has 0 spiro atoms. The van der Waals surface area contributed by atoms with Crippen LogP contribution in [0, 0.1) is 0 Å². The molecule has 2 fully saturated rings. The van der Waals surface area contributed by atoms with Gasteiger partial charge in [0.1, 0.15) is 0 Å². The van der Waals surface area contributed by atoms with Crippen LogP contribution in [0.1, 0.15) is 46.0 Å². The summed E-state index contributed by atoms with van der Waals surface area (Å²) >= 11 is 0. The highest BCUT2D eigenvalue weighted by Crippen LogP contribution is 2.27. The number of piperidine rings is 1. The van der Waals surface area contributed by atoms with Crippen molar-refractivity contribution in [1.29, 1.82) is 0 Å². The molecule has 0 aromatic carbocycles. The Morgan fingerprint density at radius 1 is 1.19 bits per heavy atom. The van der Waals surface area contributed by atoms with E-state index in [9.17, 15) is 0 Å². The van der Waals surface area contributed by atoms with Gasteiger partial charge in [0.2, 0.25) is 0 Å². The van der Waals surface area contributed by atoms with Crippen LogP contribution >= 0.6 is 0 Å². The van der Waals surface area contributed by atoms with Crippen molar-refractivity contribution in [1.82, 2.24) is 4.90 Å². The van der Waals surface area contributed by atoms with E-state index in [1.807, 2.05) is 0 Å². The maximum atomic E-state index is 6.49. The van der Waals surface area contributed by atoms with Gasteiger partial charge in [-0.2, -0.15) is 0 Å². The molecule has 3 nitrogen and oxygen atoms in total. The van der Waals surface area contributed by atoms with E-state index in [0.29, 0.717) is 12.1 Å². The van der Waals surface area contributed by atoms with Crippen molar-refractivity contribution in [3.8, 4) is 0 Å². The molecule has 2 aliphatic heterocycles. The molecule has 2 rings (SSSR count). The first-order valence-corrected chi connectivity index (χ1v) is 6.73. The van der Waals surface area contributed by atoms with Crippen molar-refractivity contribution in [2.45, 2.75) is 63.6 Å². The number of nitrogens with two attached hydrogens (primary N) is 1. The molecule has 16 heavy (non-hydrogen) atoms. The van der Waals surface area contributed by atoms with Gasteiger partial charge in [0.15, 0.2) is 0 Å². The van der Waals surface area contributed by atoms with E-state index in [0.717, 1.165) is 32.6 Å². The minimum atomic E-state index is -0.00187. The van der Waals surface area contributed by atoms with Crippen molar-refractivity contribution in [3.05, 3.63) is 0 Å². The summed E-state index contributed by atoms with van der Waals surface area (Å²) in [7, 11) is 0. The predicted octanol–water partition coefficient (Wildman–Crippen LogP) is 1.76. The van der Waals surface area contributed by atoms with E-state index >= 15 is 0 Å². The second kappa shape index (κ2) is 5.03. The van der Waals surface area contributed by atoms with E-state index in [1.165, 1.54) is 19.3 Å². The summed E-state index contributed by atoms with van der Waals surface area (Å²) in [4.78, 5) is 2.62. The minimum Gasteiger partial charge on any atom is -0.381 e. The van der Waals surface area contributed by atoms with Crippen LogP contribution in [0.4, 0.5) is 0 Å². The zero-order valence-electron chi connectivity index (χ0n) is 10.7. The van der Waals surface area contributed by atoms with Gasteiger partial charge in [-0.15, -0.1) is 0 Å². The Balaban J connectivity index is 1.95. The Morgan fingerprint density at radius 2 is 1.75 bits per heavy atom. The molecule has 2 heterocycles. The van der Waals surface area contributed by atoms with Crippen LogP contribution in [0.25, 0.3) is 0 Å². The van der Waals surface area contributed by atoms with E-state index in [1.54, 1.807) is 0 Å². The monoisotopic (exact) mass is 226 g/mol. The lowest BCUT2D eigenvalue weighted by molar-refractivity contribution is 0.0121. The van der Waals surface area contributed by atoms with Crippen LogP contribution in [0.15, 0.2) is 0 Å². The molecule has 94 valence electrons. The summed E-state index contributed by atoms with van der Waals surface area (Å²) in [5.74, 6) is 0. The predicted molar refractivity (Wildman–Crippen MR) is 66.5 cm³/mol. The molecule has 2 aliphatic rings. The van der Waals surface area contributed by atoms with Gasteiger partial charge in [-0.3, -0.25) is 4.90 Å². The molecule has 0 amide bonds. The van der Waals surface area contributed by atoms with Crippen molar-refractivity contribution >= 4 is 0 Å². The molecule has 0 aliphatic carbocycles. The van der Waals surface area contributed by atoms with Gasteiger partial charge in [-0.1, -0.05) is 6.42 Å². The Kier molecular flexibility index (Phi) is 3.88. The fourth-order valence-electron chi connectivity index (χ4n) is 3.09. The molecule has 0 aromatic rings. The molecule has 3 heteroatoms. The molecule has 2 saturated heterocycles. The van der Waals surface area contributed by atoms with Gasteiger partial charge in [0.05, 0.1) is 0 Å². The smallest absolute Gasteiger partial charge is 0.0484 e. The summed E-state index contributed by atoms with van der Waals surface area (Å²) in [6.07, 6.45) is 6.07. The highest BCUT2D eigenvalue weighted by atomic mass is 16.5. The molecule has 0 aromatic heterocycles. The largest absolute Gasteiger partial charge is 0.381 e. The summed E-state index contributed by atoms with van der Waals surface area (Å²) in [6, 6.07) is 1.40. The van der Waals surface area contributed by atoms with E-state index in [2.05, 4.69) is 18.7 Å². The Bertz CT molecular complexity index is 216. The van der Waals surface area contributed by atoms with Crippen LogP contribution in [0.3, 0.4) is 0 Å². The van der Waals surface area contributed by atoms with Gasteiger partial charge in [0, 0.05) is 37.4 Å². The Hall–Kier alpha value is -0.120. The minimum absolute atomic E-state index is 0.00187. The molecule has 0 radical (unpaired) electrons. The second-order valence-corrected chi connectivity index (χ2v) is 5.78. The van der Waals surface area contributed by atoms with Crippen LogP contribution < -0.4 is 5.73 Å². The fourth-order valence-corrected chi connectivity index (χ4v) is 3.09. The van der Waals surface area contributed by atoms with Gasteiger partial charge in [0.25, 0.3) is 0 Å². The van der Waals surface area contributed by atoms with E-state index < -0.39 is 0 Å². The molecule has 2 atom stereocenters. The number of rotatable bonds is 2. The summed E-state index contributed by atoms with van der Waals surface area (Å²) in [5.41, 5.74) is 6.49. The normalized spacial score (nSPS) is 36.2. The summed E-state index contributed by atoms with van der Waals surface area (Å²) < 4.78 is 5.41. The third-order valence-corrected chi connectivity index (χ3v) is 4.36. The average Bonchev–Trinajstić information content (AvgIpc) is 2.25. The van der Waals surface area contributed by atoms with Gasteiger partial charge < -0.3 is 10.5 Å². The highest BCUT2D eigenvalue weighted by Gasteiger charge is 2.34. The lowest BCUT2D eigenvalue weighted by atomic mass is 9.87. The van der Waals surface area contributed by atoms with Crippen molar-refractivity contribution in [3.63, 3.8) is 0 Å². The van der Waals surface area contributed by atoms with Crippen LogP contribution in [-0.2, 0) is 4.74 Å². The molecule has 0 bridgehead atoms. The number of likely N-dealkylation sites (tertiary alicyclic amines) is 1. The zero-order chi connectivity index (χ0) is 11.6. The maximum absolute atomic E-state index is 6.49. The summed E-state index contributed by atoms with van der Waals surface area (Å²) in [6.45, 7) is 7.43. The van der Waals surface area contributed by atoms with Crippen molar-refractivity contribution in [2.24, 2.45) is 5.73 Å². The number of hydrogen-bond acceptors (Lipinski definition) is 3. The van der Waals surface area contributed by atoms with Crippen LogP contribution in [0.5, 0.6) is 0 Å². The van der Waals surface area contributed by atoms with Crippen molar-refractivity contribution < 1.29 is 4.74 Å².